The van der Waals surface area contributed by atoms with Crippen LogP contribution in [0.3, 0.4) is 0 Å². The van der Waals surface area contributed by atoms with Crippen molar-refractivity contribution in [2.75, 3.05) is 11.9 Å². The number of nitrogens with zero attached hydrogens (tertiary/aromatic N) is 2. The van der Waals surface area contributed by atoms with Crippen LogP contribution in [0.2, 0.25) is 0 Å². The van der Waals surface area contributed by atoms with Gasteiger partial charge in [-0.25, -0.2) is 9.31 Å². The Kier molecular flexibility index (Phi) is 4.66. The molecule has 2 heterocycles. The number of carbonyl (C=O) groups excluding carboxylic acids is 2. The maximum atomic E-state index is 12.1. The largest absolute Gasteiger partial charge is 0.462 e. The first kappa shape index (κ1) is 19.2. The summed E-state index contributed by atoms with van der Waals surface area (Å²) in [5.74, 6) is -0.974. The molecule has 0 saturated heterocycles. The standard InChI is InChI=1S/C20H28N4O3/c1-6-27-18(26)12-9-14-16(13(17(21)25)10-22-24(14)11-12)23-15-7-8-19(2,3)20(15,4)5/h9-11,15,23H,6-8H2,1-5H3,(H2,21,25). The highest BCUT2D eigenvalue weighted by Crippen LogP contribution is 2.53. The average Bonchev–Trinajstić information content (AvgIpc) is 3.09. The molecule has 0 bridgehead atoms. The number of anilines is 1. The summed E-state index contributed by atoms with van der Waals surface area (Å²) < 4.78 is 6.65. The van der Waals surface area contributed by atoms with Crippen molar-refractivity contribution in [2.45, 2.75) is 53.5 Å². The Labute approximate surface area is 159 Å². The van der Waals surface area contributed by atoms with Crippen molar-refractivity contribution >= 4 is 23.1 Å². The minimum atomic E-state index is -0.554. The average molecular weight is 372 g/mol. The van der Waals surface area contributed by atoms with Crippen molar-refractivity contribution in [1.82, 2.24) is 9.61 Å². The van der Waals surface area contributed by atoms with Crippen molar-refractivity contribution in [3.8, 4) is 0 Å². The van der Waals surface area contributed by atoms with Crippen molar-refractivity contribution in [2.24, 2.45) is 16.6 Å². The van der Waals surface area contributed by atoms with Crippen LogP contribution in [0.1, 0.15) is 68.2 Å². The Morgan fingerprint density at radius 2 is 2.07 bits per heavy atom. The van der Waals surface area contributed by atoms with Gasteiger partial charge in [0, 0.05) is 12.2 Å². The lowest BCUT2D eigenvalue weighted by atomic mass is 9.69. The number of hydrogen-bond donors (Lipinski definition) is 2. The van der Waals surface area contributed by atoms with E-state index >= 15 is 0 Å². The number of aromatic nitrogens is 2. The summed E-state index contributed by atoms with van der Waals surface area (Å²) >= 11 is 0. The summed E-state index contributed by atoms with van der Waals surface area (Å²) in [5, 5.41) is 7.78. The first-order valence-corrected chi connectivity index (χ1v) is 9.33. The summed E-state index contributed by atoms with van der Waals surface area (Å²) in [4.78, 5) is 24.1. The van der Waals surface area contributed by atoms with Gasteiger partial charge in [0.05, 0.1) is 35.1 Å². The van der Waals surface area contributed by atoms with Gasteiger partial charge in [0.1, 0.15) is 0 Å². The Morgan fingerprint density at radius 3 is 2.63 bits per heavy atom. The lowest BCUT2D eigenvalue weighted by Gasteiger charge is -2.39. The van der Waals surface area contributed by atoms with E-state index in [0.29, 0.717) is 28.9 Å². The summed E-state index contributed by atoms with van der Waals surface area (Å²) in [6.45, 7) is 11.1. The van der Waals surface area contributed by atoms with Crippen LogP contribution < -0.4 is 11.1 Å². The molecule has 27 heavy (non-hydrogen) atoms. The number of hydrogen-bond acceptors (Lipinski definition) is 5. The molecule has 1 amide bonds. The van der Waals surface area contributed by atoms with E-state index in [1.807, 2.05) is 0 Å². The molecule has 0 spiro atoms. The lowest BCUT2D eigenvalue weighted by Crippen LogP contribution is -2.39. The zero-order valence-corrected chi connectivity index (χ0v) is 16.6. The Bertz CT molecular complexity index is 898. The Balaban J connectivity index is 2.08. The van der Waals surface area contributed by atoms with Gasteiger partial charge in [0.2, 0.25) is 0 Å². The molecule has 7 heteroatoms. The summed E-state index contributed by atoms with van der Waals surface area (Å²) in [5.41, 5.74) is 7.73. The molecule has 2 aromatic rings. The van der Waals surface area contributed by atoms with Crippen molar-refractivity contribution in [3.05, 3.63) is 29.6 Å². The molecule has 1 fully saturated rings. The molecular weight excluding hydrogens is 344 g/mol. The number of esters is 1. The van der Waals surface area contributed by atoms with E-state index in [0.717, 1.165) is 12.8 Å². The highest BCUT2D eigenvalue weighted by Gasteiger charge is 2.48. The van der Waals surface area contributed by atoms with E-state index in [1.165, 1.54) is 6.20 Å². The van der Waals surface area contributed by atoms with E-state index in [-0.39, 0.29) is 16.9 Å². The number of nitrogens with one attached hydrogen (secondary N) is 1. The number of rotatable bonds is 5. The van der Waals surface area contributed by atoms with Gasteiger partial charge >= 0.3 is 5.97 Å². The third kappa shape index (κ3) is 3.15. The monoisotopic (exact) mass is 372 g/mol. The van der Waals surface area contributed by atoms with Crippen molar-refractivity contribution in [3.63, 3.8) is 0 Å². The second-order valence-electron chi connectivity index (χ2n) is 8.42. The molecule has 1 unspecified atom stereocenters. The molecule has 7 nitrogen and oxygen atoms in total. The van der Waals surface area contributed by atoms with E-state index in [4.69, 9.17) is 10.5 Å². The summed E-state index contributed by atoms with van der Waals surface area (Å²) in [6.07, 6.45) is 5.12. The zero-order valence-electron chi connectivity index (χ0n) is 16.6. The quantitative estimate of drug-likeness (QED) is 0.785. The molecule has 3 rings (SSSR count). The topological polar surface area (TPSA) is 98.7 Å². The van der Waals surface area contributed by atoms with Crippen molar-refractivity contribution < 1.29 is 14.3 Å². The van der Waals surface area contributed by atoms with Crippen LogP contribution in [0.25, 0.3) is 5.52 Å². The summed E-state index contributed by atoms with van der Waals surface area (Å²) in [7, 11) is 0. The van der Waals surface area contributed by atoms with Crippen LogP contribution in [-0.4, -0.2) is 34.1 Å². The Hall–Kier alpha value is -2.57. The van der Waals surface area contributed by atoms with Gasteiger partial charge < -0.3 is 15.8 Å². The molecule has 2 aromatic heterocycles. The molecule has 3 N–H and O–H groups in total. The number of carbonyl (C=O) groups is 2. The van der Waals surface area contributed by atoms with Gasteiger partial charge in [-0.2, -0.15) is 5.10 Å². The molecule has 1 atom stereocenters. The van der Waals surface area contributed by atoms with Crippen LogP contribution in [0, 0.1) is 10.8 Å². The molecule has 1 aliphatic carbocycles. The number of primary amides is 1. The van der Waals surface area contributed by atoms with Gasteiger partial charge in [-0.05, 0) is 36.7 Å². The summed E-state index contributed by atoms with van der Waals surface area (Å²) in [6, 6.07) is 1.85. The van der Waals surface area contributed by atoms with E-state index in [9.17, 15) is 9.59 Å². The minimum absolute atomic E-state index is 0.0126. The minimum Gasteiger partial charge on any atom is -0.462 e. The number of nitrogens with two attached hydrogens (primary N) is 1. The molecule has 1 aliphatic rings. The van der Waals surface area contributed by atoms with Crippen LogP contribution in [-0.2, 0) is 4.74 Å². The van der Waals surface area contributed by atoms with Gasteiger partial charge in [-0.1, -0.05) is 27.7 Å². The molecule has 146 valence electrons. The van der Waals surface area contributed by atoms with Gasteiger partial charge in [-0.15, -0.1) is 0 Å². The fraction of sp³-hybridized carbons (Fsp3) is 0.550. The van der Waals surface area contributed by atoms with Crippen LogP contribution in [0.4, 0.5) is 5.69 Å². The SMILES string of the molecule is CCOC(=O)c1cc2c(NC3CCC(C)(C)C3(C)C)c(C(N)=O)cnn2c1. The molecule has 0 aromatic carbocycles. The fourth-order valence-corrected chi connectivity index (χ4v) is 3.81. The predicted molar refractivity (Wildman–Crippen MR) is 104 cm³/mol. The Morgan fingerprint density at radius 1 is 1.37 bits per heavy atom. The van der Waals surface area contributed by atoms with Crippen LogP contribution in [0.5, 0.6) is 0 Å². The van der Waals surface area contributed by atoms with Gasteiger partial charge in [-0.3, -0.25) is 4.79 Å². The maximum absolute atomic E-state index is 12.1. The molecular formula is C20H28N4O3. The second-order valence-corrected chi connectivity index (χ2v) is 8.42. The molecule has 1 saturated carbocycles. The zero-order chi connectivity index (χ0) is 20.0. The smallest absolute Gasteiger partial charge is 0.339 e. The van der Waals surface area contributed by atoms with Crippen LogP contribution >= 0.6 is 0 Å². The molecule has 0 radical (unpaired) electrons. The lowest BCUT2D eigenvalue weighted by molar-refractivity contribution is 0.0526. The van der Waals surface area contributed by atoms with Gasteiger partial charge in [0.25, 0.3) is 5.91 Å². The number of fused-ring (bicyclic) bond motifs is 1. The fourth-order valence-electron chi connectivity index (χ4n) is 3.81. The third-order valence-electron chi connectivity index (χ3n) is 6.41. The number of amides is 1. The first-order chi connectivity index (χ1) is 12.6. The van der Waals surface area contributed by atoms with E-state index in [2.05, 4.69) is 38.1 Å². The molecule has 0 aliphatic heterocycles. The third-order valence-corrected chi connectivity index (χ3v) is 6.41. The highest BCUT2D eigenvalue weighted by molar-refractivity contribution is 6.03. The predicted octanol–water partition coefficient (Wildman–Crippen LogP) is 3.24. The number of ether oxygens (including phenoxy) is 1. The normalized spacial score (nSPS) is 20.6. The van der Waals surface area contributed by atoms with Crippen LogP contribution in [0.15, 0.2) is 18.5 Å². The van der Waals surface area contributed by atoms with E-state index < -0.39 is 11.9 Å². The van der Waals surface area contributed by atoms with Crippen molar-refractivity contribution in [1.29, 1.82) is 0 Å². The van der Waals surface area contributed by atoms with E-state index in [1.54, 1.807) is 23.7 Å². The van der Waals surface area contributed by atoms with Gasteiger partial charge in [0.15, 0.2) is 0 Å². The maximum Gasteiger partial charge on any atom is 0.339 e. The highest BCUT2D eigenvalue weighted by atomic mass is 16.5. The first-order valence-electron chi connectivity index (χ1n) is 9.33. The second kappa shape index (κ2) is 6.55.